The molecule has 5 heteroatoms. The quantitative estimate of drug-likeness (QED) is 0.764. The molecule has 2 atom stereocenters. The highest BCUT2D eigenvalue weighted by Crippen LogP contribution is 2.39. The van der Waals surface area contributed by atoms with E-state index in [1.807, 2.05) is 18.2 Å². The third kappa shape index (κ3) is 5.40. The standard InChI is InChI=1S/C18H28N2O2.ClH/c1-13(10-14-6-4-5-7-16(14)22-3)11-17(21)20-18(2,12-19)15-8-9-15;/h4-7,13,15H,8-12,19H2,1-3H3,(H,20,21);1H. The zero-order chi connectivity index (χ0) is 16.2. The summed E-state index contributed by atoms with van der Waals surface area (Å²) in [4.78, 5) is 12.3. The Balaban J connectivity index is 0.00000264. The maximum Gasteiger partial charge on any atom is 0.220 e. The summed E-state index contributed by atoms with van der Waals surface area (Å²) in [5.41, 5.74) is 6.77. The number of amides is 1. The number of ether oxygens (including phenoxy) is 1. The molecular weight excluding hydrogens is 312 g/mol. The van der Waals surface area contributed by atoms with Crippen LogP contribution in [0.4, 0.5) is 0 Å². The van der Waals surface area contributed by atoms with Crippen molar-refractivity contribution in [1.29, 1.82) is 0 Å². The summed E-state index contributed by atoms with van der Waals surface area (Å²) in [6.07, 6.45) is 3.69. The fraction of sp³-hybridized carbons (Fsp3) is 0.611. The number of rotatable bonds is 8. The number of para-hydroxylation sites is 1. The van der Waals surface area contributed by atoms with Crippen LogP contribution in [0.25, 0.3) is 0 Å². The van der Waals surface area contributed by atoms with Gasteiger partial charge in [0.05, 0.1) is 12.6 Å². The van der Waals surface area contributed by atoms with E-state index in [1.54, 1.807) is 7.11 Å². The summed E-state index contributed by atoms with van der Waals surface area (Å²) >= 11 is 0. The first-order valence-electron chi connectivity index (χ1n) is 8.11. The molecule has 4 nitrogen and oxygen atoms in total. The van der Waals surface area contributed by atoms with Gasteiger partial charge in [-0.05, 0) is 49.7 Å². The molecule has 0 bridgehead atoms. The van der Waals surface area contributed by atoms with E-state index < -0.39 is 0 Å². The van der Waals surface area contributed by atoms with Crippen LogP contribution in [0.1, 0.15) is 38.7 Å². The minimum absolute atomic E-state index is 0. The second-order valence-electron chi connectivity index (χ2n) is 6.77. The fourth-order valence-electron chi connectivity index (χ4n) is 3.05. The fourth-order valence-corrected chi connectivity index (χ4v) is 3.05. The van der Waals surface area contributed by atoms with Crippen molar-refractivity contribution in [3.63, 3.8) is 0 Å². The Morgan fingerprint density at radius 2 is 2.09 bits per heavy atom. The summed E-state index contributed by atoms with van der Waals surface area (Å²) in [7, 11) is 1.68. The topological polar surface area (TPSA) is 64.3 Å². The van der Waals surface area contributed by atoms with Gasteiger partial charge in [-0.15, -0.1) is 12.4 Å². The van der Waals surface area contributed by atoms with Crippen LogP contribution in [0, 0.1) is 11.8 Å². The number of halogens is 1. The summed E-state index contributed by atoms with van der Waals surface area (Å²) in [6, 6.07) is 7.98. The van der Waals surface area contributed by atoms with E-state index in [1.165, 1.54) is 12.8 Å². The van der Waals surface area contributed by atoms with E-state index in [4.69, 9.17) is 10.5 Å². The SMILES string of the molecule is COc1ccccc1CC(C)CC(=O)NC(C)(CN)C1CC1.Cl. The number of carbonyl (C=O) groups is 1. The third-order valence-corrected chi connectivity index (χ3v) is 4.62. The first kappa shape index (κ1) is 19.8. The van der Waals surface area contributed by atoms with Crippen molar-refractivity contribution in [2.45, 2.75) is 45.1 Å². The lowest BCUT2D eigenvalue weighted by Crippen LogP contribution is -2.53. The highest BCUT2D eigenvalue weighted by Gasteiger charge is 2.41. The van der Waals surface area contributed by atoms with Crippen LogP contribution in [-0.2, 0) is 11.2 Å². The molecule has 1 aliphatic carbocycles. The molecule has 1 aromatic carbocycles. The van der Waals surface area contributed by atoms with Gasteiger partial charge in [0.15, 0.2) is 0 Å². The zero-order valence-electron chi connectivity index (χ0n) is 14.3. The first-order chi connectivity index (χ1) is 10.5. The predicted octanol–water partition coefficient (Wildman–Crippen LogP) is 2.93. The van der Waals surface area contributed by atoms with Crippen LogP contribution in [0.15, 0.2) is 24.3 Å². The number of hydrogen-bond donors (Lipinski definition) is 2. The molecular formula is C18H29ClN2O2. The average molecular weight is 341 g/mol. The Labute approximate surface area is 145 Å². The monoisotopic (exact) mass is 340 g/mol. The lowest BCUT2D eigenvalue weighted by Gasteiger charge is -2.30. The number of nitrogens with two attached hydrogens (primary N) is 1. The van der Waals surface area contributed by atoms with Gasteiger partial charge in [0, 0.05) is 13.0 Å². The second-order valence-corrected chi connectivity index (χ2v) is 6.77. The number of methoxy groups -OCH3 is 1. The smallest absolute Gasteiger partial charge is 0.220 e. The lowest BCUT2D eigenvalue weighted by atomic mass is 9.93. The number of benzene rings is 1. The van der Waals surface area contributed by atoms with E-state index in [-0.39, 0.29) is 29.8 Å². The van der Waals surface area contributed by atoms with E-state index in [0.717, 1.165) is 17.7 Å². The van der Waals surface area contributed by atoms with Gasteiger partial charge < -0.3 is 15.8 Å². The molecule has 2 unspecified atom stereocenters. The van der Waals surface area contributed by atoms with Crippen molar-refractivity contribution in [3.8, 4) is 5.75 Å². The van der Waals surface area contributed by atoms with Gasteiger partial charge in [-0.1, -0.05) is 25.1 Å². The molecule has 1 aliphatic rings. The van der Waals surface area contributed by atoms with Crippen molar-refractivity contribution in [2.24, 2.45) is 17.6 Å². The van der Waals surface area contributed by atoms with Crippen molar-refractivity contribution in [3.05, 3.63) is 29.8 Å². The summed E-state index contributed by atoms with van der Waals surface area (Å²) < 4.78 is 5.37. The molecule has 0 heterocycles. The minimum Gasteiger partial charge on any atom is -0.496 e. The minimum atomic E-state index is -0.235. The molecule has 2 rings (SSSR count). The zero-order valence-corrected chi connectivity index (χ0v) is 15.1. The molecule has 0 spiro atoms. The maximum atomic E-state index is 12.3. The van der Waals surface area contributed by atoms with Crippen molar-refractivity contribution < 1.29 is 9.53 Å². The molecule has 0 aliphatic heterocycles. The van der Waals surface area contributed by atoms with Gasteiger partial charge >= 0.3 is 0 Å². The van der Waals surface area contributed by atoms with Crippen LogP contribution in [0.3, 0.4) is 0 Å². The van der Waals surface area contributed by atoms with Crippen molar-refractivity contribution in [2.75, 3.05) is 13.7 Å². The molecule has 0 aromatic heterocycles. The van der Waals surface area contributed by atoms with Gasteiger partial charge in [0.2, 0.25) is 5.91 Å². The summed E-state index contributed by atoms with van der Waals surface area (Å²) in [5.74, 6) is 1.80. The van der Waals surface area contributed by atoms with Crippen molar-refractivity contribution >= 4 is 18.3 Å². The van der Waals surface area contributed by atoms with Crippen LogP contribution >= 0.6 is 12.4 Å². The Morgan fingerprint density at radius 1 is 1.43 bits per heavy atom. The normalized spacial score (nSPS) is 17.6. The van der Waals surface area contributed by atoms with Crippen LogP contribution in [0.5, 0.6) is 5.75 Å². The number of hydrogen-bond acceptors (Lipinski definition) is 3. The van der Waals surface area contributed by atoms with Gasteiger partial charge in [0.1, 0.15) is 5.75 Å². The Kier molecular flexibility index (Phi) is 7.36. The van der Waals surface area contributed by atoms with E-state index in [2.05, 4.69) is 25.2 Å². The summed E-state index contributed by atoms with van der Waals surface area (Å²) in [5, 5.41) is 3.16. The lowest BCUT2D eigenvalue weighted by molar-refractivity contribution is -0.123. The van der Waals surface area contributed by atoms with Gasteiger partial charge in [-0.25, -0.2) is 0 Å². The predicted molar refractivity (Wildman–Crippen MR) is 96.1 cm³/mol. The molecule has 3 N–H and O–H groups in total. The van der Waals surface area contributed by atoms with Crippen LogP contribution < -0.4 is 15.8 Å². The maximum absolute atomic E-state index is 12.3. The Morgan fingerprint density at radius 3 is 2.65 bits per heavy atom. The summed E-state index contributed by atoms with van der Waals surface area (Å²) in [6.45, 7) is 4.67. The number of carbonyl (C=O) groups excluding carboxylic acids is 1. The largest absolute Gasteiger partial charge is 0.496 e. The van der Waals surface area contributed by atoms with Crippen molar-refractivity contribution in [1.82, 2.24) is 5.32 Å². The second kappa shape index (κ2) is 8.55. The molecule has 23 heavy (non-hydrogen) atoms. The van der Waals surface area contributed by atoms with E-state index >= 15 is 0 Å². The Bertz CT molecular complexity index is 519. The van der Waals surface area contributed by atoms with Crippen LogP contribution in [-0.4, -0.2) is 25.1 Å². The van der Waals surface area contributed by atoms with Crippen LogP contribution in [0.2, 0.25) is 0 Å². The molecule has 1 amide bonds. The molecule has 1 aromatic rings. The molecule has 130 valence electrons. The third-order valence-electron chi connectivity index (χ3n) is 4.62. The molecule has 0 radical (unpaired) electrons. The van der Waals surface area contributed by atoms with Gasteiger partial charge in [-0.2, -0.15) is 0 Å². The molecule has 1 saturated carbocycles. The van der Waals surface area contributed by atoms with Gasteiger partial charge in [0.25, 0.3) is 0 Å². The van der Waals surface area contributed by atoms with E-state index in [9.17, 15) is 4.79 Å². The van der Waals surface area contributed by atoms with Gasteiger partial charge in [-0.3, -0.25) is 4.79 Å². The Hall–Kier alpha value is -1.26. The average Bonchev–Trinajstić information content (AvgIpc) is 3.32. The number of nitrogens with one attached hydrogen (secondary N) is 1. The highest BCUT2D eigenvalue weighted by atomic mass is 35.5. The molecule has 0 saturated heterocycles. The van der Waals surface area contributed by atoms with E-state index in [0.29, 0.717) is 18.9 Å². The molecule has 1 fully saturated rings. The highest BCUT2D eigenvalue weighted by molar-refractivity contribution is 5.85. The first-order valence-corrected chi connectivity index (χ1v) is 8.11.